The lowest BCUT2D eigenvalue weighted by Crippen LogP contribution is -2.09. The number of hydrogen-bond acceptors (Lipinski definition) is 2. The van der Waals surface area contributed by atoms with Gasteiger partial charge in [-0.3, -0.25) is 0 Å². The van der Waals surface area contributed by atoms with Crippen molar-refractivity contribution in [2.75, 3.05) is 14.2 Å². The van der Waals surface area contributed by atoms with E-state index in [1.807, 2.05) is 12.1 Å². The average Bonchev–Trinajstić information content (AvgIpc) is 2.44. The van der Waals surface area contributed by atoms with E-state index in [9.17, 15) is 0 Å². The molecule has 0 amide bonds. The Hall–Kier alpha value is -1.44. The highest BCUT2D eigenvalue weighted by molar-refractivity contribution is 5.46. The second-order valence-electron chi connectivity index (χ2n) is 5.40. The fourth-order valence-corrected chi connectivity index (χ4v) is 3.01. The Labute approximate surface area is 116 Å². The third-order valence-electron chi connectivity index (χ3n) is 4.03. The Balaban J connectivity index is 2.00. The zero-order chi connectivity index (χ0) is 13.7. The highest BCUT2D eigenvalue weighted by Crippen LogP contribution is 2.34. The molecule has 1 aliphatic carbocycles. The molecule has 0 heterocycles. The van der Waals surface area contributed by atoms with Crippen LogP contribution in [0.5, 0.6) is 11.5 Å². The molecule has 0 saturated heterocycles. The van der Waals surface area contributed by atoms with E-state index < -0.39 is 0 Å². The first-order chi connectivity index (χ1) is 9.24. The molecule has 1 saturated carbocycles. The third-order valence-corrected chi connectivity index (χ3v) is 4.03. The summed E-state index contributed by atoms with van der Waals surface area (Å²) in [6.07, 6.45) is 7.33. The van der Waals surface area contributed by atoms with Crippen LogP contribution in [-0.4, -0.2) is 14.2 Å². The second-order valence-corrected chi connectivity index (χ2v) is 5.40. The summed E-state index contributed by atoms with van der Waals surface area (Å²) in [6.45, 7) is 4.14. The number of ether oxygens (including phenoxy) is 2. The maximum Gasteiger partial charge on any atom is 0.163 e. The van der Waals surface area contributed by atoms with Crippen molar-refractivity contribution >= 4 is 0 Å². The summed E-state index contributed by atoms with van der Waals surface area (Å²) in [4.78, 5) is 0. The lowest BCUT2D eigenvalue weighted by molar-refractivity contribution is 0.347. The molecule has 0 bridgehead atoms. The van der Waals surface area contributed by atoms with Crippen molar-refractivity contribution in [3.05, 3.63) is 35.9 Å². The Morgan fingerprint density at radius 1 is 1.26 bits per heavy atom. The maximum atomic E-state index is 5.49. The molecule has 104 valence electrons. The molecule has 0 N–H and O–H groups in total. The monoisotopic (exact) mass is 260 g/mol. The van der Waals surface area contributed by atoms with Crippen LogP contribution in [0.25, 0.3) is 0 Å². The molecule has 1 aromatic carbocycles. The quantitative estimate of drug-likeness (QED) is 0.731. The van der Waals surface area contributed by atoms with E-state index in [-0.39, 0.29) is 0 Å². The molecular formula is C17H24O2. The maximum absolute atomic E-state index is 5.49. The first-order valence-corrected chi connectivity index (χ1v) is 7.11. The van der Waals surface area contributed by atoms with Gasteiger partial charge >= 0.3 is 0 Å². The van der Waals surface area contributed by atoms with Gasteiger partial charge in [-0.25, -0.2) is 0 Å². The Morgan fingerprint density at radius 3 is 2.79 bits per heavy atom. The zero-order valence-corrected chi connectivity index (χ0v) is 12.1. The first kappa shape index (κ1) is 14.0. The molecule has 1 unspecified atom stereocenters. The van der Waals surface area contributed by atoms with E-state index in [0.717, 1.165) is 23.8 Å². The van der Waals surface area contributed by atoms with Crippen LogP contribution in [0.4, 0.5) is 0 Å². The van der Waals surface area contributed by atoms with Crippen LogP contribution >= 0.6 is 0 Å². The van der Waals surface area contributed by atoms with Crippen LogP contribution in [-0.2, 0) is 6.42 Å². The molecule has 19 heavy (non-hydrogen) atoms. The minimum atomic E-state index is 0.789. The molecule has 2 rings (SSSR count). The van der Waals surface area contributed by atoms with E-state index in [2.05, 4.69) is 12.6 Å². The molecular weight excluding hydrogens is 236 g/mol. The molecule has 1 fully saturated rings. The van der Waals surface area contributed by atoms with Crippen molar-refractivity contribution in [1.29, 1.82) is 0 Å². The highest BCUT2D eigenvalue weighted by Gasteiger charge is 2.17. The van der Waals surface area contributed by atoms with Crippen molar-refractivity contribution in [2.24, 2.45) is 5.92 Å². The average molecular weight is 260 g/mol. The number of allylic oxidation sites excluding steroid dienone is 1. The van der Waals surface area contributed by atoms with Crippen LogP contribution < -0.4 is 9.47 Å². The van der Waals surface area contributed by atoms with Crippen LogP contribution in [0.1, 0.15) is 37.7 Å². The molecule has 0 radical (unpaired) electrons. The van der Waals surface area contributed by atoms with Gasteiger partial charge in [0.25, 0.3) is 0 Å². The van der Waals surface area contributed by atoms with Crippen molar-refractivity contribution < 1.29 is 9.47 Å². The van der Waals surface area contributed by atoms with Gasteiger partial charge in [0.15, 0.2) is 11.5 Å². The van der Waals surface area contributed by atoms with Crippen molar-refractivity contribution in [1.82, 2.24) is 0 Å². The van der Waals surface area contributed by atoms with Crippen LogP contribution in [0.3, 0.4) is 0 Å². The van der Waals surface area contributed by atoms with E-state index in [1.54, 1.807) is 14.2 Å². The van der Waals surface area contributed by atoms with Crippen molar-refractivity contribution in [3.63, 3.8) is 0 Å². The summed E-state index contributed by atoms with van der Waals surface area (Å²) < 4.78 is 10.8. The number of hydrogen-bond donors (Lipinski definition) is 0. The molecule has 1 atom stereocenters. The number of benzene rings is 1. The lowest BCUT2D eigenvalue weighted by Gasteiger charge is -2.23. The van der Waals surface area contributed by atoms with Gasteiger partial charge in [0, 0.05) is 0 Å². The summed E-state index contributed by atoms with van der Waals surface area (Å²) >= 11 is 0. The van der Waals surface area contributed by atoms with Gasteiger partial charge in [-0.2, -0.15) is 0 Å². The van der Waals surface area contributed by atoms with Gasteiger partial charge < -0.3 is 9.47 Å². The van der Waals surface area contributed by atoms with E-state index >= 15 is 0 Å². The molecule has 2 nitrogen and oxygen atoms in total. The predicted molar refractivity (Wildman–Crippen MR) is 79.0 cm³/mol. The Kier molecular flexibility index (Phi) is 4.89. The van der Waals surface area contributed by atoms with Crippen LogP contribution in [0.15, 0.2) is 30.4 Å². The minimum Gasteiger partial charge on any atom is -0.493 e. The SMILES string of the molecule is C=C1CCCC(CCc2cccc(OC)c2OC)C1. The van der Waals surface area contributed by atoms with Crippen LogP contribution in [0, 0.1) is 5.92 Å². The summed E-state index contributed by atoms with van der Waals surface area (Å²) in [5.41, 5.74) is 2.67. The van der Waals surface area contributed by atoms with Gasteiger partial charge in [-0.05, 0) is 56.1 Å². The predicted octanol–water partition coefficient (Wildman–Crippen LogP) is 4.38. The molecule has 0 aliphatic heterocycles. The summed E-state index contributed by atoms with van der Waals surface area (Å²) in [6, 6.07) is 6.13. The molecule has 1 aromatic rings. The van der Waals surface area contributed by atoms with Crippen molar-refractivity contribution in [3.8, 4) is 11.5 Å². The lowest BCUT2D eigenvalue weighted by atomic mass is 9.83. The van der Waals surface area contributed by atoms with Gasteiger partial charge in [-0.1, -0.05) is 24.3 Å². The summed E-state index contributed by atoms with van der Waals surface area (Å²) in [5.74, 6) is 2.50. The number of para-hydroxylation sites is 1. The number of rotatable bonds is 5. The Bertz CT molecular complexity index is 437. The number of methoxy groups -OCH3 is 2. The van der Waals surface area contributed by atoms with E-state index in [0.29, 0.717) is 0 Å². The summed E-state index contributed by atoms with van der Waals surface area (Å²) in [5, 5.41) is 0. The smallest absolute Gasteiger partial charge is 0.163 e. The van der Waals surface area contributed by atoms with Crippen LogP contribution in [0.2, 0.25) is 0 Å². The largest absolute Gasteiger partial charge is 0.493 e. The fraction of sp³-hybridized carbons (Fsp3) is 0.529. The van der Waals surface area contributed by atoms with Gasteiger partial charge in [0.1, 0.15) is 0 Å². The normalized spacial score (nSPS) is 19.3. The zero-order valence-electron chi connectivity index (χ0n) is 12.1. The first-order valence-electron chi connectivity index (χ1n) is 7.11. The minimum absolute atomic E-state index is 0.789. The standard InChI is InChI=1S/C17H24O2/c1-13-6-4-7-14(12-13)10-11-15-8-5-9-16(18-2)17(15)19-3/h5,8-9,14H,1,4,6-7,10-12H2,2-3H3. The van der Waals surface area contributed by atoms with E-state index in [1.165, 1.54) is 43.2 Å². The molecule has 2 heteroatoms. The van der Waals surface area contributed by atoms with E-state index in [4.69, 9.17) is 9.47 Å². The van der Waals surface area contributed by atoms with Gasteiger partial charge in [-0.15, -0.1) is 0 Å². The Morgan fingerprint density at radius 2 is 2.11 bits per heavy atom. The third kappa shape index (κ3) is 3.52. The van der Waals surface area contributed by atoms with Gasteiger partial charge in [0.2, 0.25) is 0 Å². The summed E-state index contributed by atoms with van der Waals surface area (Å²) in [7, 11) is 3.40. The fourth-order valence-electron chi connectivity index (χ4n) is 3.01. The second kappa shape index (κ2) is 6.65. The molecule has 0 aromatic heterocycles. The highest BCUT2D eigenvalue weighted by atomic mass is 16.5. The number of aryl methyl sites for hydroxylation is 1. The molecule has 0 spiro atoms. The topological polar surface area (TPSA) is 18.5 Å². The van der Waals surface area contributed by atoms with Gasteiger partial charge in [0.05, 0.1) is 14.2 Å². The molecule has 1 aliphatic rings. The van der Waals surface area contributed by atoms with Crippen molar-refractivity contribution in [2.45, 2.75) is 38.5 Å².